The van der Waals surface area contributed by atoms with Crippen LogP contribution in [0.2, 0.25) is 0 Å². The first-order valence-electron chi connectivity index (χ1n) is 8.24. The molecule has 1 aliphatic carbocycles. The van der Waals surface area contributed by atoms with Gasteiger partial charge in [-0.15, -0.1) is 0 Å². The normalized spacial score (nSPS) is 36.0. The summed E-state index contributed by atoms with van der Waals surface area (Å²) in [5.41, 5.74) is 0. The molecule has 4 rings (SSSR count). The van der Waals surface area contributed by atoms with E-state index in [2.05, 4.69) is 11.0 Å². The SMILES string of the molecule is CCOC(=O)C1CCC=C([Si]23OCCN(CCO2)CCO3)C1. The summed E-state index contributed by atoms with van der Waals surface area (Å²) in [5.74, 6) is -0.202. The standard InChI is InChI=1S/C15H25NO5Si/c1-2-18-15(17)13-4-3-5-14(12-13)22-19-9-6-16(7-10-20-22)8-11-21-22/h5,13H,2-4,6-12H2,1H3. The molecule has 0 aromatic rings. The molecule has 124 valence electrons. The van der Waals surface area contributed by atoms with E-state index in [1.807, 2.05) is 6.92 Å². The second kappa shape index (κ2) is 7.23. The minimum Gasteiger partial charge on any atom is -0.466 e. The molecular weight excluding hydrogens is 302 g/mol. The van der Waals surface area contributed by atoms with E-state index in [0.29, 0.717) is 32.8 Å². The molecule has 0 N–H and O–H groups in total. The van der Waals surface area contributed by atoms with Crippen molar-refractivity contribution in [3.63, 3.8) is 0 Å². The Hall–Kier alpha value is -0.733. The molecule has 6 nitrogen and oxygen atoms in total. The van der Waals surface area contributed by atoms with Gasteiger partial charge in [0, 0.05) is 19.6 Å². The lowest BCUT2D eigenvalue weighted by Gasteiger charge is -2.40. The van der Waals surface area contributed by atoms with Crippen molar-refractivity contribution in [2.75, 3.05) is 46.1 Å². The summed E-state index contributed by atoms with van der Waals surface area (Å²) in [7, 11) is -2.81. The summed E-state index contributed by atoms with van der Waals surface area (Å²) in [6, 6.07) is 0. The zero-order valence-corrected chi connectivity index (χ0v) is 14.2. The van der Waals surface area contributed by atoms with Crippen LogP contribution in [0, 0.1) is 5.92 Å². The lowest BCUT2D eigenvalue weighted by Crippen LogP contribution is -2.57. The molecule has 1 unspecified atom stereocenters. The maximum Gasteiger partial charge on any atom is 0.532 e. The van der Waals surface area contributed by atoms with Crippen LogP contribution in [0.5, 0.6) is 0 Å². The predicted octanol–water partition coefficient (Wildman–Crippen LogP) is 1.13. The lowest BCUT2D eigenvalue weighted by molar-refractivity contribution is -0.148. The van der Waals surface area contributed by atoms with Crippen molar-refractivity contribution >= 4 is 14.8 Å². The van der Waals surface area contributed by atoms with Crippen LogP contribution in [0.4, 0.5) is 0 Å². The highest BCUT2D eigenvalue weighted by molar-refractivity contribution is 6.68. The van der Waals surface area contributed by atoms with Gasteiger partial charge in [-0.1, -0.05) is 6.08 Å². The van der Waals surface area contributed by atoms with Crippen LogP contribution in [0.1, 0.15) is 26.2 Å². The van der Waals surface area contributed by atoms with E-state index in [4.69, 9.17) is 18.0 Å². The molecule has 4 aliphatic rings. The molecule has 0 aromatic carbocycles. The van der Waals surface area contributed by atoms with E-state index in [0.717, 1.165) is 37.7 Å². The van der Waals surface area contributed by atoms with E-state index < -0.39 is 8.80 Å². The van der Waals surface area contributed by atoms with Gasteiger partial charge >= 0.3 is 14.8 Å². The first-order chi connectivity index (χ1) is 10.7. The number of rotatable bonds is 3. The molecule has 0 aromatic heterocycles. The number of ether oxygens (including phenoxy) is 1. The first kappa shape index (κ1) is 16.1. The zero-order valence-electron chi connectivity index (χ0n) is 13.2. The molecule has 1 atom stereocenters. The Bertz CT molecular complexity index is 415. The van der Waals surface area contributed by atoms with Gasteiger partial charge in [0.15, 0.2) is 0 Å². The Labute approximate surface area is 132 Å². The Morgan fingerprint density at radius 1 is 1.27 bits per heavy atom. The van der Waals surface area contributed by atoms with Gasteiger partial charge < -0.3 is 18.0 Å². The van der Waals surface area contributed by atoms with E-state index in [1.165, 1.54) is 0 Å². The van der Waals surface area contributed by atoms with Gasteiger partial charge in [0.05, 0.1) is 32.3 Å². The third-order valence-corrected chi connectivity index (χ3v) is 7.43. The highest BCUT2D eigenvalue weighted by Crippen LogP contribution is 2.34. The number of hydrogen-bond acceptors (Lipinski definition) is 6. The monoisotopic (exact) mass is 327 g/mol. The molecule has 0 amide bonds. The average molecular weight is 327 g/mol. The van der Waals surface area contributed by atoms with Gasteiger partial charge in [-0.05, 0) is 31.4 Å². The van der Waals surface area contributed by atoms with Gasteiger partial charge in [0.1, 0.15) is 0 Å². The van der Waals surface area contributed by atoms with Gasteiger partial charge in [-0.25, -0.2) is 0 Å². The number of esters is 1. The van der Waals surface area contributed by atoms with E-state index in [1.54, 1.807) is 0 Å². The maximum atomic E-state index is 12.1. The Kier molecular flexibility index (Phi) is 5.30. The molecule has 3 aliphatic heterocycles. The average Bonchev–Trinajstić information content (AvgIpc) is 2.46. The van der Waals surface area contributed by atoms with E-state index in [-0.39, 0.29) is 11.9 Å². The number of carbonyl (C=O) groups is 1. The molecule has 22 heavy (non-hydrogen) atoms. The molecule has 2 bridgehead atoms. The number of nitrogens with zero attached hydrogens (tertiary/aromatic N) is 1. The van der Waals surface area contributed by atoms with Crippen molar-refractivity contribution in [1.29, 1.82) is 0 Å². The largest absolute Gasteiger partial charge is 0.532 e. The van der Waals surface area contributed by atoms with Crippen LogP contribution >= 0.6 is 0 Å². The van der Waals surface area contributed by atoms with Crippen molar-refractivity contribution in [2.45, 2.75) is 26.2 Å². The van der Waals surface area contributed by atoms with Gasteiger partial charge in [0.25, 0.3) is 0 Å². The quantitative estimate of drug-likeness (QED) is 0.572. The van der Waals surface area contributed by atoms with E-state index >= 15 is 0 Å². The molecule has 0 spiro atoms. The fourth-order valence-electron chi connectivity index (χ4n) is 3.29. The van der Waals surface area contributed by atoms with Crippen LogP contribution in [-0.4, -0.2) is 65.7 Å². The summed E-state index contributed by atoms with van der Waals surface area (Å²) < 4.78 is 23.5. The third-order valence-electron chi connectivity index (χ3n) is 4.48. The Morgan fingerprint density at radius 2 is 1.91 bits per heavy atom. The fraction of sp³-hybridized carbons (Fsp3) is 0.800. The van der Waals surface area contributed by atoms with Gasteiger partial charge in [-0.3, -0.25) is 9.69 Å². The van der Waals surface area contributed by atoms with Gasteiger partial charge in [0.2, 0.25) is 0 Å². The smallest absolute Gasteiger partial charge is 0.466 e. The highest BCUT2D eigenvalue weighted by Gasteiger charge is 2.49. The second-order valence-corrected chi connectivity index (χ2v) is 8.52. The van der Waals surface area contributed by atoms with Crippen molar-refractivity contribution < 1.29 is 22.8 Å². The van der Waals surface area contributed by atoms with Crippen LogP contribution in [0.3, 0.4) is 0 Å². The number of fused-ring (bicyclic) bond motifs is 6. The van der Waals surface area contributed by atoms with Gasteiger partial charge in [-0.2, -0.15) is 0 Å². The molecule has 0 saturated carbocycles. The lowest BCUT2D eigenvalue weighted by atomic mass is 9.94. The van der Waals surface area contributed by atoms with Crippen LogP contribution in [0.15, 0.2) is 11.3 Å². The zero-order chi connectivity index (χ0) is 15.4. The molecule has 3 heterocycles. The Morgan fingerprint density at radius 3 is 2.50 bits per heavy atom. The third kappa shape index (κ3) is 3.43. The predicted molar refractivity (Wildman–Crippen MR) is 82.1 cm³/mol. The number of carbonyl (C=O) groups excluding carboxylic acids is 1. The summed E-state index contributed by atoms with van der Waals surface area (Å²) >= 11 is 0. The summed E-state index contributed by atoms with van der Waals surface area (Å²) in [6.45, 7) is 6.95. The molecule has 7 heteroatoms. The maximum absolute atomic E-state index is 12.1. The molecule has 3 fully saturated rings. The van der Waals surface area contributed by atoms with Crippen molar-refractivity contribution in [1.82, 2.24) is 4.90 Å². The van der Waals surface area contributed by atoms with Crippen LogP contribution < -0.4 is 0 Å². The molecule has 3 saturated heterocycles. The molecular formula is C15H25NO5Si. The minimum atomic E-state index is -2.81. The minimum absolute atomic E-state index is 0.0926. The first-order valence-corrected chi connectivity index (χ1v) is 9.96. The number of allylic oxidation sites excluding steroid dienone is 2. The Balaban J connectivity index is 1.75. The van der Waals surface area contributed by atoms with Crippen molar-refractivity contribution in [3.05, 3.63) is 11.3 Å². The van der Waals surface area contributed by atoms with Crippen LogP contribution in [0.25, 0.3) is 0 Å². The van der Waals surface area contributed by atoms with E-state index in [9.17, 15) is 4.79 Å². The van der Waals surface area contributed by atoms with Crippen molar-refractivity contribution in [3.8, 4) is 0 Å². The summed E-state index contributed by atoms with van der Waals surface area (Å²) in [6.07, 6.45) is 4.51. The summed E-state index contributed by atoms with van der Waals surface area (Å²) in [5, 5.41) is 1.08. The fourth-order valence-corrected chi connectivity index (χ4v) is 6.06. The van der Waals surface area contributed by atoms with Crippen LogP contribution in [-0.2, 0) is 22.8 Å². The summed E-state index contributed by atoms with van der Waals surface area (Å²) in [4.78, 5) is 14.4. The van der Waals surface area contributed by atoms with Crippen molar-refractivity contribution in [2.24, 2.45) is 5.92 Å². The molecule has 0 radical (unpaired) electrons. The number of hydrogen-bond donors (Lipinski definition) is 0. The topological polar surface area (TPSA) is 57.2 Å². The second-order valence-electron chi connectivity index (χ2n) is 5.90. The highest BCUT2D eigenvalue weighted by atomic mass is 28.4.